The zero-order valence-electron chi connectivity index (χ0n) is 13.4. The molecule has 20 heavy (non-hydrogen) atoms. The standard InChI is InChI=1S/C16H34N2O2/c1-3-5-11-15(19)14-17-12-8-6-7-9-13-18-16(20)10-4-2/h15,17,19H,3-14H2,1-2H3,(H,18,20). The van der Waals surface area contributed by atoms with Gasteiger partial charge in [-0.25, -0.2) is 0 Å². The molecule has 0 bridgehead atoms. The van der Waals surface area contributed by atoms with E-state index in [9.17, 15) is 9.90 Å². The van der Waals surface area contributed by atoms with E-state index in [1.165, 1.54) is 6.42 Å². The van der Waals surface area contributed by atoms with Gasteiger partial charge in [0.25, 0.3) is 0 Å². The fraction of sp³-hybridized carbons (Fsp3) is 0.938. The molecule has 0 radical (unpaired) electrons. The molecule has 3 N–H and O–H groups in total. The maximum atomic E-state index is 11.2. The van der Waals surface area contributed by atoms with E-state index in [0.717, 1.165) is 58.0 Å². The molecule has 1 unspecified atom stereocenters. The molecule has 0 aromatic carbocycles. The molecule has 0 aromatic rings. The van der Waals surface area contributed by atoms with Crippen LogP contribution in [0.5, 0.6) is 0 Å². The van der Waals surface area contributed by atoms with Crippen molar-refractivity contribution in [3.63, 3.8) is 0 Å². The summed E-state index contributed by atoms with van der Waals surface area (Å²) in [4.78, 5) is 11.2. The van der Waals surface area contributed by atoms with Crippen molar-refractivity contribution in [1.82, 2.24) is 10.6 Å². The van der Waals surface area contributed by atoms with E-state index >= 15 is 0 Å². The van der Waals surface area contributed by atoms with Gasteiger partial charge in [0.1, 0.15) is 0 Å². The fourth-order valence-electron chi connectivity index (χ4n) is 2.08. The van der Waals surface area contributed by atoms with Crippen LogP contribution in [-0.2, 0) is 4.79 Å². The van der Waals surface area contributed by atoms with Crippen molar-refractivity contribution in [3.05, 3.63) is 0 Å². The highest BCUT2D eigenvalue weighted by Crippen LogP contribution is 2.00. The third-order valence-corrected chi connectivity index (χ3v) is 3.35. The summed E-state index contributed by atoms with van der Waals surface area (Å²) in [7, 11) is 0. The van der Waals surface area contributed by atoms with E-state index in [0.29, 0.717) is 13.0 Å². The number of hydrogen-bond acceptors (Lipinski definition) is 3. The maximum Gasteiger partial charge on any atom is 0.219 e. The number of carbonyl (C=O) groups is 1. The molecule has 1 atom stereocenters. The SMILES string of the molecule is CCCCC(O)CNCCCCCCNC(=O)CCC. The Balaban J connectivity index is 3.15. The van der Waals surface area contributed by atoms with Gasteiger partial charge in [-0.15, -0.1) is 0 Å². The van der Waals surface area contributed by atoms with Crippen LogP contribution in [0.25, 0.3) is 0 Å². The number of aliphatic hydroxyl groups is 1. The van der Waals surface area contributed by atoms with Gasteiger partial charge in [0.15, 0.2) is 0 Å². The van der Waals surface area contributed by atoms with Crippen LogP contribution >= 0.6 is 0 Å². The molecule has 120 valence electrons. The van der Waals surface area contributed by atoms with Gasteiger partial charge in [-0.1, -0.05) is 39.5 Å². The molecule has 4 nitrogen and oxygen atoms in total. The highest BCUT2D eigenvalue weighted by atomic mass is 16.3. The second-order valence-corrected chi connectivity index (χ2v) is 5.51. The van der Waals surface area contributed by atoms with Crippen molar-refractivity contribution in [3.8, 4) is 0 Å². The average molecular weight is 286 g/mol. The summed E-state index contributed by atoms with van der Waals surface area (Å²) >= 11 is 0. The van der Waals surface area contributed by atoms with Gasteiger partial charge in [-0.3, -0.25) is 4.79 Å². The lowest BCUT2D eigenvalue weighted by Gasteiger charge is -2.11. The molecular formula is C16H34N2O2. The van der Waals surface area contributed by atoms with E-state index < -0.39 is 0 Å². The number of hydrogen-bond donors (Lipinski definition) is 3. The lowest BCUT2D eigenvalue weighted by atomic mass is 10.1. The largest absolute Gasteiger partial charge is 0.392 e. The first-order valence-electron chi connectivity index (χ1n) is 8.36. The van der Waals surface area contributed by atoms with Crippen LogP contribution in [0.15, 0.2) is 0 Å². The number of nitrogens with one attached hydrogen (secondary N) is 2. The van der Waals surface area contributed by atoms with Crippen molar-refractivity contribution >= 4 is 5.91 Å². The summed E-state index contributed by atoms with van der Waals surface area (Å²) in [5, 5.41) is 15.9. The number of aliphatic hydroxyl groups excluding tert-OH is 1. The average Bonchev–Trinajstić information content (AvgIpc) is 2.43. The van der Waals surface area contributed by atoms with Gasteiger partial charge < -0.3 is 15.7 Å². The zero-order chi connectivity index (χ0) is 15.1. The second kappa shape index (κ2) is 14.8. The quantitative estimate of drug-likeness (QED) is 0.430. The first-order chi connectivity index (χ1) is 9.70. The van der Waals surface area contributed by atoms with E-state index in [1.807, 2.05) is 6.92 Å². The highest BCUT2D eigenvalue weighted by molar-refractivity contribution is 5.75. The minimum Gasteiger partial charge on any atom is -0.392 e. The number of carbonyl (C=O) groups excluding carboxylic acids is 1. The minimum absolute atomic E-state index is 0.176. The van der Waals surface area contributed by atoms with Gasteiger partial charge in [0, 0.05) is 19.5 Å². The summed E-state index contributed by atoms with van der Waals surface area (Å²) in [6.07, 6.45) is 9.07. The molecule has 0 heterocycles. The zero-order valence-corrected chi connectivity index (χ0v) is 13.4. The van der Waals surface area contributed by atoms with Crippen LogP contribution < -0.4 is 10.6 Å². The van der Waals surface area contributed by atoms with Crippen LogP contribution in [0.2, 0.25) is 0 Å². The Morgan fingerprint density at radius 3 is 2.35 bits per heavy atom. The summed E-state index contributed by atoms with van der Waals surface area (Å²) in [5.41, 5.74) is 0. The Bertz CT molecular complexity index is 223. The summed E-state index contributed by atoms with van der Waals surface area (Å²) < 4.78 is 0. The van der Waals surface area contributed by atoms with E-state index in [-0.39, 0.29) is 12.0 Å². The highest BCUT2D eigenvalue weighted by Gasteiger charge is 2.02. The second-order valence-electron chi connectivity index (χ2n) is 5.51. The summed E-state index contributed by atoms with van der Waals surface area (Å²) in [5.74, 6) is 0.176. The fourth-order valence-corrected chi connectivity index (χ4v) is 2.08. The van der Waals surface area contributed by atoms with Crippen LogP contribution in [0, 0.1) is 0 Å². The lowest BCUT2D eigenvalue weighted by Crippen LogP contribution is -2.27. The van der Waals surface area contributed by atoms with Crippen molar-refractivity contribution in [1.29, 1.82) is 0 Å². The van der Waals surface area contributed by atoms with Crippen LogP contribution in [-0.4, -0.2) is 36.8 Å². The Labute approximate surface area is 124 Å². The van der Waals surface area contributed by atoms with E-state index in [1.54, 1.807) is 0 Å². The number of amides is 1. The van der Waals surface area contributed by atoms with Crippen LogP contribution in [0.3, 0.4) is 0 Å². The van der Waals surface area contributed by atoms with Crippen molar-refractivity contribution < 1.29 is 9.90 Å². The van der Waals surface area contributed by atoms with Gasteiger partial charge in [0.05, 0.1) is 6.10 Å². The molecule has 0 fully saturated rings. The molecule has 0 aliphatic heterocycles. The number of unbranched alkanes of at least 4 members (excludes halogenated alkanes) is 4. The Kier molecular flexibility index (Phi) is 14.3. The third kappa shape index (κ3) is 13.8. The summed E-state index contributed by atoms with van der Waals surface area (Å²) in [6.45, 7) is 6.66. The molecule has 0 aliphatic carbocycles. The Morgan fingerprint density at radius 1 is 1.00 bits per heavy atom. The first kappa shape index (κ1) is 19.4. The van der Waals surface area contributed by atoms with Crippen molar-refractivity contribution in [2.75, 3.05) is 19.6 Å². The topological polar surface area (TPSA) is 61.4 Å². The van der Waals surface area contributed by atoms with Crippen molar-refractivity contribution in [2.45, 2.75) is 77.7 Å². The lowest BCUT2D eigenvalue weighted by molar-refractivity contribution is -0.121. The van der Waals surface area contributed by atoms with Gasteiger partial charge >= 0.3 is 0 Å². The first-order valence-corrected chi connectivity index (χ1v) is 8.36. The predicted octanol–water partition coefficient (Wildman–Crippen LogP) is 2.60. The van der Waals surface area contributed by atoms with Crippen LogP contribution in [0.4, 0.5) is 0 Å². The molecule has 1 amide bonds. The van der Waals surface area contributed by atoms with Gasteiger partial charge in [-0.2, -0.15) is 0 Å². The van der Waals surface area contributed by atoms with E-state index in [4.69, 9.17) is 0 Å². The molecule has 0 aromatic heterocycles. The predicted molar refractivity (Wildman–Crippen MR) is 84.8 cm³/mol. The van der Waals surface area contributed by atoms with Gasteiger partial charge in [-0.05, 0) is 32.2 Å². The monoisotopic (exact) mass is 286 g/mol. The third-order valence-electron chi connectivity index (χ3n) is 3.35. The molecule has 0 rings (SSSR count). The normalized spacial score (nSPS) is 12.3. The van der Waals surface area contributed by atoms with Crippen molar-refractivity contribution in [2.24, 2.45) is 0 Å². The smallest absolute Gasteiger partial charge is 0.219 e. The molecule has 0 spiro atoms. The maximum absolute atomic E-state index is 11.2. The Morgan fingerprint density at radius 2 is 1.70 bits per heavy atom. The molecule has 0 saturated carbocycles. The van der Waals surface area contributed by atoms with Crippen LogP contribution in [0.1, 0.15) is 71.6 Å². The molecular weight excluding hydrogens is 252 g/mol. The molecule has 0 saturated heterocycles. The minimum atomic E-state index is -0.191. The van der Waals surface area contributed by atoms with Gasteiger partial charge in [0.2, 0.25) is 5.91 Å². The molecule has 0 aliphatic rings. The number of rotatable bonds is 14. The van der Waals surface area contributed by atoms with E-state index in [2.05, 4.69) is 17.6 Å². The Hall–Kier alpha value is -0.610. The summed E-state index contributed by atoms with van der Waals surface area (Å²) in [6, 6.07) is 0. The molecule has 4 heteroatoms.